The molecule has 0 heterocycles. The molecule has 2 nitrogen and oxygen atoms in total. The number of benzene rings is 1. The molecule has 1 N–H and O–H groups in total. The van der Waals surface area contributed by atoms with E-state index in [9.17, 15) is 44.6 Å². The number of alkyl halides is 9. The molecule has 0 atom stereocenters. The van der Waals surface area contributed by atoms with Crippen molar-refractivity contribution in [1.29, 1.82) is 0 Å². The second-order valence-corrected chi connectivity index (χ2v) is 7.11. The molecule has 0 saturated carbocycles. The van der Waals surface area contributed by atoms with E-state index < -0.39 is 52.4 Å². The fourth-order valence-corrected chi connectivity index (χ4v) is 1.38. The molecule has 26 heavy (non-hydrogen) atoms. The molecule has 0 bridgehead atoms. The average Bonchev–Trinajstić information content (AvgIpc) is 2.48. The number of phenols is 1. The van der Waals surface area contributed by atoms with Crippen molar-refractivity contribution in [3.63, 3.8) is 0 Å². The monoisotopic (exact) mass is 471 g/mol. The molecular weight excluding hydrogens is 464 g/mol. The average molecular weight is 472 g/mol. The molecule has 0 aromatic heterocycles. The molecule has 1 rings (SSSR count). The maximum absolute atomic E-state index is 13.1. The van der Waals surface area contributed by atoms with Crippen LogP contribution in [-0.4, -0.2) is 35.4 Å². The van der Waals surface area contributed by atoms with Crippen molar-refractivity contribution in [2.45, 2.75) is 31.0 Å². The van der Waals surface area contributed by atoms with Crippen LogP contribution in [0.15, 0.2) is 23.2 Å². The van der Waals surface area contributed by atoms with Crippen molar-refractivity contribution in [3.8, 4) is 5.75 Å². The van der Waals surface area contributed by atoms with Gasteiger partial charge >= 0.3 is 59.7 Å². The summed E-state index contributed by atoms with van der Waals surface area (Å²) in [4.78, 5) is 1.83. The Morgan fingerprint density at radius 2 is 1.42 bits per heavy atom. The fourth-order valence-electron chi connectivity index (χ4n) is 1.38. The predicted molar refractivity (Wildman–Crippen MR) is 73.0 cm³/mol. The van der Waals surface area contributed by atoms with E-state index in [0.29, 0.717) is 0 Å². The van der Waals surface area contributed by atoms with Crippen LogP contribution < -0.4 is 0 Å². The summed E-state index contributed by atoms with van der Waals surface area (Å²) in [7, 11) is 9.78. The van der Waals surface area contributed by atoms with Crippen LogP contribution in [0.4, 0.5) is 39.5 Å². The van der Waals surface area contributed by atoms with Crippen molar-refractivity contribution in [1.82, 2.24) is 0 Å². The third-order valence-electron chi connectivity index (χ3n) is 2.76. The number of rotatable bonds is 4. The first-order valence-corrected chi connectivity index (χ1v) is 10.4. The second kappa shape index (κ2) is 9.03. The van der Waals surface area contributed by atoms with E-state index in [4.69, 9.17) is 18.6 Å². The molecule has 0 fully saturated rings. The number of phenolic OH excluding ortho intramolecular Hbond substituents is 1. The Morgan fingerprint density at radius 3 is 1.85 bits per heavy atom. The minimum atomic E-state index is -7.00. The molecular formula is C12H8Cl2F9NOTi. The van der Waals surface area contributed by atoms with E-state index in [2.05, 4.69) is 0 Å². The molecule has 14 heteroatoms. The zero-order chi connectivity index (χ0) is 21.0. The van der Waals surface area contributed by atoms with Gasteiger partial charge < -0.3 is 5.11 Å². The second-order valence-electron chi connectivity index (χ2n) is 4.53. The van der Waals surface area contributed by atoms with Gasteiger partial charge in [-0.3, -0.25) is 0 Å². The van der Waals surface area contributed by atoms with Crippen molar-refractivity contribution < 1.29 is 61.7 Å². The van der Waals surface area contributed by atoms with E-state index in [1.165, 1.54) is 19.1 Å². The van der Waals surface area contributed by atoms with Gasteiger partial charge in [-0.05, 0) is 18.6 Å². The number of aryl methyl sites for hydroxylation is 1. The fraction of sp³-hybridized carbons (Fsp3) is 0.417. The molecule has 1 aromatic rings. The van der Waals surface area contributed by atoms with Crippen LogP contribution in [0.3, 0.4) is 0 Å². The van der Waals surface area contributed by atoms with Gasteiger partial charge in [0.25, 0.3) is 0 Å². The van der Waals surface area contributed by atoms with Crippen molar-refractivity contribution >= 4 is 24.8 Å². The van der Waals surface area contributed by atoms with Crippen LogP contribution in [0.5, 0.6) is 5.75 Å². The van der Waals surface area contributed by atoms with Gasteiger partial charge in [-0.15, -0.1) is 0 Å². The van der Waals surface area contributed by atoms with Crippen molar-refractivity contribution in [2.75, 3.05) is 0 Å². The quantitative estimate of drug-likeness (QED) is 0.251. The number of aliphatic imine (C=N–C) groups is 1. The zero-order valence-corrected chi connectivity index (χ0v) is 15.4. The topological polar surface area (TPSA) is 32.6 Å². The summed E-state index contributed by atoms with van der Waals surface area (Å²) >= 11 is -0.556. The summed E-state index contributed by atoms with van der Waals surface area (Å²) < 4.78 is 113. The van der Waals surface area contributed by atoms with Gasteiger partial charge in [-0.2, -0.15) is 39.5 Å². The summed E-state index contributed by atoms with van der Waals surface area (Å²) in [6, 6.07) is -2.65. The van der Waals surface area contributed by atoms with Crippen LogP contribution >= 0.6 is 18.6 Å². The molecule has 0 spiro atoms. The zero-order valence-electron chi connectivity index (χ0n) is 12.4. The molecule has 0 aliphatic heterocycles. The minimum absolute atomic E-state index is 0.108. The normalized spacial score (nSPS) is 13.4. The van der Waals surface area contributed by atoms with Crippen molar-refractivity contribution in [3.05, 3.63) is 29.3 Å². The van der Waals surface area contributed by atoms with Crippen molar-refractivity contribution in [2.24, 2.45) is 4.99 Å². The number of nitrogens with zero attached hydrogens (tertiary/aromatic N) is 1. The first-order valence-electron chi connectivity index (χ1n) is 6.07. The van der Waals surface area contributed by atoms with Gasteiger partial charge in [0.1, 0.15) is 5.75 Å². The van der Waals surface area contributed by atoms with Gasteiger partial charge in [0.2, 0.25) is 0 Å². The predicted octanol–water partition coefficient (Wildman–Crippen LogP) is 5.92. The standard InChI is InChI=1S/C12H8F9NO.2ClH.Ti/c1-6-3-2-4-7(8(6)23)5-22-12(20,21)10(15,16)9(13,14)11(17,18)19;;;/h2-5,23H,1H3;2*1H;/q;;;+2/p-2/b22-5+;;;. The Balaban J connectivity index is 0.00000194. The number of aromatic hydroxyl groups is 1. The van der Waals surface area contributed by atoms with E-state index in [1.807, 2.05) is 4.99 Å². The third-order valence-corrected chi connectivity index (χ3v) is 2.76. The molecule has 148 valence electrons. The van der Waals surface area contributed by atoms with Crippen LogP contribution in [0.25, 0.3) is 0 Å². The Bertz CT molecular complexity index is 638. The number of hydrogen-bond acceptors (Lipinski definition) is 2. The Labute approximate surface area is 157 Å². The molecule has 1 aromatic carbocycles. The number of halogens is 11. The van der Waals surface area contributed by atoms with Crippen LogP contribution in [0, 0.1) is 6.92 Å². The first-order chi connectivity index (χ1) is 11.6. The number of para-hydroxylation sites is 1. The van der Waals surface area contributed by atoms with Gasteiger partial charge in [-0.25, -0.2) is 4.99 Å². The molecule has 0 aliphatic rings. The van der Waals surface area contributed by atoms with E-state index in [-0.39, 0.29) is 11.8 Å². The molecule has 0 aliphatic carbocycles. The van der Waals surface area contributed by atoms with Crippen LogP contribution in [0.2, 0.25) is 0 Å². The van der Waals surface area contributed by atoms with Gasteiger partial charge in [0, 0.05) is 11.8 Å². The van der Waals surface area contributed by atoms with Gasteiger partial charge in [-0.1, -0.05) is 12.1 Å². The van der Waals surface area contributed by atoms with Gasteiger partial charge in [0.05, 0.1) is 0 Å². The maximum atomic E-state index is 13.1. The Hall–Kier alpha value is -0.646. The summed E-state index contributed by atoms with van der Waals surface area (Å²) in [6.07, 6.45) is -7.01. The summed E-state index contributed by atoms with van der Waals surface area (Å²) in [5.41, 5.74) is -0.444. The third kappa shape index (κ3) is 5.43. The summed E-state index contributed by atoms with van der Waals surface area (Å²) in [5.74, 6) is -14.5. The van der Waals surface area contributed by atoms with E-state index >= 15 is 0 Å². The summed E-state index contributed by atoms with van der Waals surface area (Å²) in [6.45, 7) is 1.30. The SMILES string of the molecule is Cc1cccc(/C=N/C(F)(F)C(F)(F)C(F)(F)C(F)(F)F)c1O.[Cl][Ti][Cl]. The molecule has 0 radical (unpaired) electrons. The van der Waals surface area contributed by atoms with Crippen LogP contribution in [-0.2, 0) is 17.0 Å². The van der Waals surface area contributed by atoms with Crippen LogP contribution in [0.1, 0.15) is 11.1 Å². The Morgan fingerprint density at radius 1 is 0.962 bits per heavy atom. The van der Waals surface area contributed by atoms with E-state index in [0.717, 1.165) is 6.07 Å². The Kier molecular flexibility index (Phi) is 8.81. The molecule has 0 saturated heterocycles. The molecule has 0 amide bonds. The number of hydrogen-bond donors (Lipinski definition) is 1. The van der Waals surface area contributed by atoms with Gasteiger partial charge in [0.15, 0.2) is 0 Å². The summed E-state index contributed by atoms with van der Waals surface area (Å²) in [5, 5.41) is 9.43. The van der Waals surface area contributed by atoms with E-state index in [1.54, 1.807) is 0 Å². The first kappa shape index (κ1) is 25.4. The molecule has 0 unspecified atom stereocenters.